The van der Waals surface area contributed by atoms with Crippen molar-refractivity contribution in [2.24, 2.45) is 0 Å². The highest BCUT2D eigenvalue weighted by Gasteiger charge is 2.11. The van der Waals surface area contributed by atoms with Gasteiger partial charge in [0.1, 0.15) is 0 Å². The zero-order valence-electron chi connectivity index (χ0n) is 31.2. The topological polar surface area (TPSA) is 0 Å². The van der Waals surface area contributed by atoms with Crippen molar-refractivity contribution >= 4 is 53.9 Å². The third kappa shape index (κ3) is 8.42. The second kappa shape index (κ2) is 17.7. The van der Waals surface area contributed by atoms with Gasteiger partial charge in [-0.25, -0.2) is 0 Å². The van der Waals surface area contributed by atoms with E-state index in [9.17, 15) is 0 Å². The van der Waals surface area contributed by atoms with Gasteiger partial charge < -0.3 is 0 Å². The number of fused-ring (bicyclic) bond motifs is 6. The summed E-state index contributed by atoms with van der Waals surface area (Å²) in [5.41, 5.74) is 5.11. The molecule has 56 heavy (non-hydrogen) atoms. The number of rotatable bonds is 2. The van der Waals surface area contributed by atoms with Crippen LogP contribution in [0.4, 0.5) is 0 Å². The fraction of sp³-hybridized carbons (Fsp3) is 0. The van der Waals surface area contributed by atoms with Gasteiger partial charge in [0.2, 0.25) is 0 Å². The van der Waals surface area contributed by atoms with Gasteiger partial charge in [0.05, 0.1) is 0 Å². The van der Waals surface area contributed by atoms with E-state index in [1.165, 1.54) is 76.1 Å². The molecule has 0 aliphatic rings. The van der Waals surface area contributed by atoms with E-state index in [0.717, 1.165) is 0 Å². The van der Waals surface area contributed by atoms with Crippen molar-refractivity contribution in [3.8, 4) is 22.3 Å². The molecular weight excluding hydrogens is 673 g/mol. The van der Waals surface area contributed by atoms with E-state index < -0.39 is 0 Å². The van der Waals surface area contributed by atoms with E-state index in [2.05, 4.69) is 218 Å². The van der Waals surface area contributed by atoms with Gasteiger partial charge in [0.25, 0.3) is 0 Å². The number of hydrogen-bond acceptors (Lipinski definition) is 0. The number of benzene rings is 11. The first-order valence-electron chi connectivity index (χ1n) is 19.2. The Bertz CT molecular complexity index is 2740. The molecule has 11 aromatic rings. The Labute approximate surface area is 329 Å². The third-order valence-corrected chi connectivity index (χ3v) is 10.0. The minimum Gasteiger partial charge on any atom is -0.0623 e. The molecule has 0 aliphatic carbocycles. The molecule has 0 bridgehead atoms. The molecule has 0 nitrogen and oxygen atoms in total. The van der Waals surface area contributed by atoms with E-state index in [4.69, 9.17) is 0 Å². The molecule has 0 heterocycles. The monoisotopic (exact) mass is 714 g/mol. The molecule has 0 radical (unpaired) electrons. The first-order valence-corrected chi connectivity index (χ1v) is 19.2. The van der Waals surface area contributed by atoms with Gasteiger partial charge in [-0.15, -0.1) is 0 Å². The van der Waals surface area contributed by atoms with Crippen molar-refractivity contribution in [2.75, 3.05) is 0 Å². The first kappa shape index (κ1) is 35.7. The second-order valence-corrected chi connectivity index (χ2v) is 13.7. The second-order valence-electron chi connectivity index (χ2n) is 13.7. The molecule has 0 N–H and O–H groups in total. The van der Waals surface area contributed by atoms with Crippen molar-refractivity contribution in [3.05, 3.63) is 255 Å². The maximum absolute atomic E-state index is 2.24. The Morgan fingerprint density at radius 1 is 0.179 bits per heavy atom. The van der Waals surface area contributed by atoms with Gasteiger partial charge in [0.15, 0.2) is 0 Å². The van der Waals surface area contributed by atoms with Crippen molar-refractivity contribution < 1.29 is 0 Å². The first-order chi connectivity index (χ1) is 27.8. The summed E-state index contributed by atoms with van der Waals surface area (Å²) in [5, 5.41) is 13.1. The van der Waals surface area contributed by atoms with E-state index in [1.54, 1.807) is 0 Å². The minimum atomic E-state index is 1.26. The molecule has 0 saturated carbocycles. The van der Waals surface area contributed by atoms with Crippen LogP contribution in [0.2, 0.25) is 0 Å². The summed E-state index contributed by atoms with van der Waals surface area (Å²) in [6.45, 7) is 0. The van der Waals surface area contributed by atoms with Crippen LogP contribution in [0.5, 0.6) is 0 Å². The maximum atomic E-state index is 2.24. The van der Waals surface area contributed by atoms with Crippen LogP contribution in [0, 0.1) is 0 Å². The van der Waals surface area contributed by atoms with Crippen LogP contribution in [0.15, 0.2) is 255 Å². The van der Waals surface area contributed by atoms with E-state index in [1.807, 2.05) is 36.4 Å². The van der Waals surface area contributed by atoms with Crippen LogP contribution in [-0.4, -0.2) is 0 Å². The molecule has 0 saturated heterocycles. The fourth-order valence-electron chi connectivity index (χ4n) is 7.27. The summed E-state index contributed by atoms with van der Waals surface area (Å²) >= 11 is 0. The van der Waals surface area contributed by atoms with E-state index in [-0.39, 0.29) is 0 Å². The van der Waals surface area contributed by atoms with Crippen molar-refractivity contribution in [3.63, 3.8) is 0 Å². The quantitative estimate of drug-likeness (QED) is 0.124. The molecule has 0 unspecified atom stereocenters. The van der Waals surface area contributed by atoms with Crippen LogP contribution in [0.3, 0.4) is 0 Å². The molecule has 0 atom stereocenters. The Morgan fingerprint density at radius 2 is 0.464 bits per heavy atom. The standard InChI is InChI=1S/C22H16.2C14H10.C6H6/c1-3-9-17(10-4-1)21-16-15-18-11-7-8-14-20(18)22(21)19-12-5-2-6-13-19;1-3-7-13-11(5-1)9-10-12-6-2-4-8-14(12)13;1-2-6-12-10-14-8-4-3-7-13(14)9-11(12)5-1;1-2-4-6-5-3-1/h1-16H;2*1-10H;1-6H. The maximum Gasteiger partial charge on any atom is -0.00268 e. The van der Waals surface area contributed by atoms with Crippen LogP contribution in [0.1, 0.15) is 0 Å². The zero-order chi connectivity index (χ0) is 37.8. The van der Waals surface area contributed by atoms with Gasteiger partial charge >= 0.3 is 0 Å². The van der Waals surface area contributed by atoms with Crippen LogP contribution in [0.25, 0.3) is 76.1 Å². The van der Waals surface area contributed by atoms with Crippen molar-refractivity contribution in [1.82, 2.24) is 0 Å². The SMILES string of the molecule is c1ccc(-c2ccc3ccccc3c2-c2ccccc2)cc1.c1ccc2c(c1)ccc1ccccc12.c1ccc2cc3ccccc3cc2c1.c1ccccc1. The largest absolute Gasteiger partial charge is 0.0623 e. The molecule has 0 spiro atoms. The van der Waals surface area contributed by atoms with Gasteiger partial charge in [-0.1, -0.05) is 243 Å². The highest BCUT2D eigenvalue weighted by atomic mass is 14.1. The van der Waals surface area contributed by atoms with E-state index >= 15 is 0 Å². The molecule has 0 amide bonds. The normalized spacial score (nSPS) is 10.5. The lowest BCUT2D eigenvalue weighted by atomic mass is 9.90. The van der Waals surface area contributed by atoms with Crippen LogP contribution >= 0.6 is 0 Å². The zero-order valence-corrected chi connectivity index (χ0v) is 31.2. The predicted octanol–water partition coefficient (Wildman–Crippen LogP) is 15.8. The molecule has 0 aromatic heterocycles. The lowest BCUT2D eigenvalue weighted by Gasteiger charge is -2.14. The Balaban J connectivity index is 0.000000113. The number of hydrogen-bond donors (Lipinski definition) is 0. The van der Waals surface area contributed by atoms with Gasteiger partial charge in [-0.05, 0) is 88.2 Å². The van der Waals surface area contributed by atoms with Crippen molar-refractivity contribution in [1.29, 1.82) is 0 Å². The third-order valence-electron chi connectivity index (χ3n) is 10.0. The lowest BCUT2D eigenvalue weighted by molar-refractivity contribution is 1.61. The molecular formula is C56H42. The molecule has 266 valence electrons. The van der Waals surface area contributed by atoms with Crippen LogP contribution < -0.4 is 0 Å². The summed E-state index contributed by atoms with van der Waals surface area (Å²) in [6.07, 6.45) is 0. The van der Waals surface area contributed by atoms with Gasteiger partial charge in [0, 0.05) is 0 Å². The Morgan fingerprint density at radius 3 is 0.893 bits per heavy atom. The molecule has 0 aliphatic heterocycles. The molecule has 0 fully saturated rings. The fourth-order valence-corrected chi connectivity index (χ4v) is 7.27. The summed E-state index contributed by atoms with van der Waals surface area (Å²) in [4.78, 5) is 0. The summed E-state index contributed by atoms with van der Waals surface area (Å²) in [7, 11) is 0. The summed E-state index contributed by atoms with van der Waals surface area (Å²) in [6, 6.07) is 89.1. The van der Waals surface area contributed by atoms with E-state index in [0.29, 0.717) is 0 Å². The lowest BCUT2D eigenvalue weighted by Crippen LogP contribution is -1.87. The summed E-state index contributed by atoms with van der Waals surface area (Å²) in [5.74, 6) is 0. The smallest absolute Gasteiger partial charge is 0.00268 e. The average Bonchev–Trinajstić information content (AvgIpc) is 3.29. The van der Waals surface area contributed by atoms with Gasteiger partial charge in [-0.2, -0.15) is 0 Å². The van der Waals surface area contributed by atoms with Crippen molar-refractivity contribution in [2.45, 2.75) is 0 Å². The van der Waals surface area contributed by atoms with Gasteiger partial charge in [-0.3, -0.25) is 0 Å². The highest BCUT2D eigenvalue weighted by Crippen LogP contribution is 2.38. The highest BCUT2D eigenvalue weighted by molar-refractivity contribution is 6.07. The Kier molecular flexibility index (Phi) is 11.3. The van der Waals surface area contributed by atoms with Crippen LogP contribution in [-0.2, 0) is 0 Å². The molecule has 0 heteroatoms. The average molecular weight is 715 g/mol. The Hall–Kier alpha value is -7.28. The molecule has 11 aromatic carbocycles. The molecule has 11 rings (SSSR count). The predicted molar refractivity (Wildman–Crippen MR) is 244 cm³/mol. The minimum absolute atomic E-state index is 1.26. The summed E-state index contributed by atoms with van der Waals surface area (Å²) < 4.78 is 0.